The van der Waals surface area contributed by atoms with Gasteiger partial charge in [0.25, 0.3) is 5.91 Å². The summed E-state index contributed by atoms with van der Waals surface area (Å²) in [5, 5.41) is 20.7. The van der Waals surface area contributed by atoms with Gasteiger partial charge >= 0.3 is 6.03 Å². The summed E-state index contributed by atoms with van der Waals surface area (Å²) in [6.07, 6.45) is 6.58. The van der Waals surface area contributed by atoms with E-state index in [2.05, 4.69) is 15.7 Å². The van der Waals surface area contributed by atoms with Crippen LogP contribution in [0.3, 0.4) is 0 Å². The minimum atomic E-state index is -0.405. The van der Waals surface area contributed by atoms with Gasteiger partial charge in [0, 0.05) is 29.8 Å². The first-order valence-electron chi connectivity index (χ1n) is 10.6. The molecule has 8 nitrogen and oxygen atoms in total. The van der Waals surface area contributed by atoms with E-state index in [-0.39, 0.29) is 23.5 Å². The molecule has 0 saturated heterocycles. The zero-order valence-electron chi connectivity index (χ0n) is 17.4. The van der Waals surface area contributed by atoms with E-state index in [4.69, 9.17) is 4.42 Å². The van der Waals surface area contributed by atoms with Crippen molar-refractivity contribution in [2.24, 2.45) is 0 Å². The summed E-state index contributed by atoms with van der Waals surface area (Å²) in [4.78, 5) is 24.8. The molecular weight excluding hydrogens is 396 g/mol. The second kappa shape index (κ2) is 9.07. The predicted octanol–water partition coefficient (Wildman–Crippen LogP) is 4.73. The summed E-state index contributed by atoms with van der Waals surface area (Å²) in [5.41, 5.74) is 2.32. The maximum Gasteiger partial charge on any atom is 0.342 e. The molecule has 31 heavy (non-hydrogen) atoms. The Morgan fingerprint density at radius 1 is 1.23 bits per heavy atom. The monoisotopic (exact) mass is 422 g/mol. The Morgan fingerprint density at radius 2 is 2.03 bits per heavy atom. The summed E-state index contributed by atoms with van der Waals surface area (Å²) in [5.74, 6) is 0.0237. The lowest BCUT2D eigenvalue weighted by Gasteiger charge is -2.11. The van der Waals surface area contributed by atoms with Gasteiger partial charge in [0.1, 0.15) is 5.75 Å². The van der Waals surface area contributed by atoms with Crippen LogP contribution in [0.15, 0.2) is 47.1 Å². The minimum absolute atomic E-state index is 0.0335. The van der Waals surface area contributed by atoms with Gasteiger partial charge in [0.2, 0.25) is 0 Å². The van der Waals surface area contributed by atoms with E-state index in [1.165, 1.54) is 17.0 Å². The number of aromatic nitrogens is 2. The Bertz CT molecular complexity index is 1070. The van der Waals surface area contributed by atoms with Crippen LogP contribution < -0.4 is 10.6 Å². The average Bonchev–Trinajstić information content (AvgIpc) is 3.53. The van der Waals surface area contributed by atoms with Crippen molar-refractivity contribution in [2.45, 2.75) is 44.9 Å². The van der Waals surface area contributed by atoms with Gasteiger partial charge in [-0.05, 0) is 49.6 Å². The minimum Gasteiger partial charge on any atom is -0.507 e. The number of nitrogens with one attached hydrogen (secondary N) is 2. The molecule has 0 unspecified atom stereocenters. The number of benzene rings is 1. The van der Waals surface area contributed by atoms with E-state index in [1.807, 2.05) is 13.0 Å². The standard InChI is InChI=1S/C23H26N4O4/c1-2-11-24-23(30)27-19(15-6-3-4-7-15)14-18(26-27)17-10-9-16(13-20(17)28)25-22(29)21-8-5-12-31-21/h5,8-10,12-15,28H,2-4,6-7,11H2,1H3,(H,24,30)(H,25,29). The number of carbonyl (C=O) groups excluding carboxylic acids is 2. The number of anilines is 1. The highest BCUT2D eigenvalue weighted by Gasteiger charge is 2.26. The third kappa shape index (κ3) is 4.47. The molecule has 4 rings (SSSR count). The normalized spacial score (nSPS) is 14.0. The fourth-order valence-corrected chi connectivity index (χ4v) is 3.94. The third-order valence-electron chi connectivity index (χ3n) is 5.51. The summed E-state index contributed by atoms with van der Waals surface area (Å²) in [6, 6.07) is 9.65. The quantitative estimate of drug-likeness (QED) is 0.532. The molecule has 1 aliphatic rings. The number of amides is 2. The Balaban J connectivity index is 1.61. The molecule has 2 heterocycles. The van der Waals surface area contributed by atoms with Gasteiger partial charge in [-0.15, -0.1) is 0 Å². The number of phenols is 1. The number of hydrogen-bond acceptors (Lipinski definition) is 5. The SMILES string of the molecule is CCCNC(=O)n1nc(-c2ccc(NC(=O)c3ccco3)cc2O)cc1C1CCCC1. The van der Waals surface area contributed by atoms with Gasteiger partial charge in [0.05, 0.1) is 17.7 Å². The first-order chi connectivity index (χ1) is 15.1. The summed E-state index contributed by atoms with van der Waals surface area (Å²) in [7, 11) is 0. The maximum atomic E-state index is 12.7. The lowest BCUT2D eigenvalue weighted by Crippen LogP contribution is -2.31. The molecule has 0 atom stereocenters. The third-order valence-corrected chi connectivity index (χ3v) is 5.51. The first kappa shape index (κ1) is 20.7. The van der Waals surface area contributed by atoms with Crippen molar-refractivity contribution in [1.82, 2.24) is 15.1 Å². The van der Waals surface area contributed by atoms with Crippen LogP contribution in [0.5, 0.6) is 5.75 Å². The Morgan fingerprint density at radius 3 is 2.71 bits per heavy atom. The molecule has 0 bridgehead atoms. The van der Waals surface area contributed by atoms with Crippen LogP contribution in [-0.4, -0.2) is 33.4 Å². The molecule has 0 spiro atoms. The van der Waals surface area contributed by atoms with Crippen molar-refractivity contribution < 1.29 is 19.1 Å². The molecule has 1 aromatic carbocycles. The van der Waals surface area contributed by atoms with Crippen LogP contribution in [0.4, 0.5) is 10.5 Å². The zero-order chi connectivity index (χ0) is 21.8. The summed E-state index contributed by atoms with van der Waals surface area (Å²) in [6.45, 7) is 2.57. The molecule has 2 aromatic heterocycles. The molecule has 1 saturated carbocycles. The number of aromatic hydroxyl groups is 1. The fraction of sp³-hybridized carbons (Fsp3) is 0.348. The topological polar surface area (TPSA) is 109 Å². The van der Waals surface area contributed by atoms with Crippen molar-refractivity contribution in [1.29, 1.82) is 0 Å². The van der Waals surface area contributed by atoms with Crippen LogP contribution >= 0.6 is 0 Å². The molecule has 162 valence electrons. The number of nitrogens with zero attached hydrogens (tertiary/aromatic N) is 2. The van der Waals surface area contributed by atoms with Gasteiger partial charge in [0.15, 0.2) is 5.76 Å². The molecule has 2 amide bonds. The van der Waals surface area contributed by atoms with E-state index in [0.29, 0.717) is 23.5 Å². The Kier molecular flexibility index (Phi) is 6.06. The van der Waals surface area contributed by atoms with Gasteiger partial charge in [-0.25, -0.2) is 4.79 Å². The molecular formula is C23H26N4O4. The number of carbonyl (C=O) groups is 2. The number of phenolic OH excluding ortho intramolecular Hbond substituents is 1. The van der Waals surface area contributed by atoms with E-state index in [0.717, 1.165) is 37.8 Å². The Labute approximate surface area is 180 Å². The van der Waals surface area contributed by atoms with Crippen LogP contribution in [0, 0.1) is 0 Å². The molecule has 0 radical (unpaired) electrons. The smallest absolute Gasteiger partial charge is 0.342 e. The highest BCUT2D eigenvalue weighted by molar-refractivity contribution is 6.02. The molecule has 3 N–H and O–H groups in total. The van der Waals surface area contributed by atoms with Crippen LogP contribution in [0.2, 0.25) is 0 Å². The highest BCUT2D eigenvalue weighted by Crippen LogP contribution is 2.38. The van der Waals surface area contributed by atoms with Gasteiger partial charge in [-0.1, -0.05) is 19.8 Å². The van der Waals surface area contributed by atoms with Crippen molar-refractivity contribution in [2.75, 3.05) is 11.9 Å². The van der Waals surface area contributed by atoms with Crippen molar-refractivity contribution in [3.05, 3.63) is 54.1 Å². The molecule has 1 fully saturated rings. The van der Waals surface area contributed by atoms with Crippen LogP contribution in [0.1, 0.15) is 61.2 Å². The van der Waals surface area contributed by atoms with Crippen molar-refractivity contribution in [3.8, 4) is 17.0 Å². The predicted molar refractivity (Wildman–Crippen MR) is 116 cm³/mol. The number of furan rings is 1. The van der Waals surface area contributed by atoms with Gasteiger partial charge in [-0.3, -0.25) is 4.79 Å². The van der Waals surface area contributed by atoms with Crippen LogP contribution in [-0.2, 0) is 0 Å². The Hall–Kier alpha value is -3.55. The van der Waals surface area contributed by atoms with E-state index in [1.54, 1.807) is 24.3 Å². The average molecular weight is 422 g/mol. The summed E-state index contributed by atoms with van der Waals surface area (Å²) >= 11 is 0. The largest absolute Gasteiger partial charge is 0.507 e. The maximum absolute atomic E-state index is 12.7. The van der Waals surface area contributed by atoms with Crippen molar-refractivity contribution >= 4 is 17.6 Å². The second-order valence-electron chi connectivity index (χ2n) is 7.74. The van der Waals surface area contributed by atoms with E-state index in [9.17, 15) is 14.7 Å². The summed E-state index contributed by atoms with van der Waals surface area (Å²) < 4.78 is 6.52. The lowest BCUT2D eigenvalue weighted by atomic mass is 10.0. The molecule has 3 aromatic rings. The first-order valence-corrected chi connectivity index (χ1v) is 10.6. The molecule has 1 aliphatic carbocycles. The number of rotatable bonds is 6. The van der Waals surface area contributed by atoms with E-state index < -0.39 is 5.91 Å². The van der Waals surface area contributed by atoms with Crippen LogP contribution in [0.25, 0.3) is 11.3 Å². The molecule has 8 heteroatoms. The lowest BCUT2D eigenvalue weighted by molar-refractivity contribution is 0.0996. The zero-order valence-corrected chi connectivity index (χ0v) is 17.4. The van der Waals surface area contributed by atoms with Crippen molar-refractivity contribution in [3.63, 3.8) is 0 Å². The highest BCUT2D eigenvalue weighted by atomic mass is 16.3. The second-order valence-corrected chi connectivity index (χ2v) is 7.74. The van der Waals surface area contributed by atoms with E-state index >= 15 is 0 Å². The van der Waals surface area contributed by atoms with Gasteiger partial charge < -0.3 is 20.2 Å². The number of hydrogen-bond donors (Lipinski definition) is 3. The molecule has 0 aliphatic heterocycles. The van der Waals surface area contributed by atoms with Gasteiger partial charge in [-0.2, -0.15) is 9.78 Å². The fourth-order valence-electron chi connectivity index (χ4n) is 3.94.